The summed E-state index contributed by atoms with van der Waals surface area (Å²) in [6.07, 6.45) is 4.36. The van der Waals surface area contributed by atoms with E-state index in [0.717, 1.165) is 0 Å². The summed E-state index contributed by atoms with van der Waals surface area (Å²) in [4.78, 5) is 0. The number of likely N-dealkylation sites (tertiary alicyclic amines) is 1. The highest BCUT2D eigenvalue weighted by Gasteiger charge is 2.21. The average molecular weight is 309 g/mol. The maximum absolute atomic E-state index is 11.1. The number of nitrogens with zero attached hydrogens (tertiary/aromatic N) is 1. The van der Waals surface area contributed by atoms with E-state index in [0.29, 0.717) is 0 Å². The molecule has 1 heterocycles. The molecular weight excluding hydrogens is 290 g/mol. The first kappa shape index (κ1) is 17.7. The van der Waals surface area contributed by atoms with E-state index in [9.17, 15) is 24.6 Å². The molecule has 0 saturated carbocycles. The van der Waals surface area contributed by atoms with Gasteiger partial charge in [0, 0.05) is 0 Å². The fourth-order valence-electron chi connectivity index (χ4n) is 1.71. The molecule has 1 rings (SSSR count). The molecule has 6 nitrogen and oxygen atoms in total. The van der Waals surface area contributed by atoms with Crippen LogP contribution in [0.15, 0.2) is 0 Å². The molecule has 0 aromatic carbocycles. The van der Waals surface area contributed by atoms with Gasteiger partial charge < -0.3 is 4.48 Å². The molecule has 1 N–H and O–H groups in total. The van der Waals surface area contributed by atoms with Crippen molar-refractivity contribution in [3.05, 3.63) is 0 Å². The Bertz CT molecular complexity index is 414. The topological polar surface area (TPSA) is 80.3 Å². The van der Waals surface area contributed by atoms with E-state index in [4.69, 9.17) is 0 Å². The van der Waals surface area contributed by atoms with Crippen LogP contribution in [0.5, 0.6) is 0 Å². The van der Waals surface area contributed by atoms with Gasteiger partial charge in [0.05, 0.1) is 26.7 Å². The summed E-state index contributed by atoms with van der Waals surface area (Å²) >= 11 is 0. The van der Waals surface area contributed by atoms with E-state index < -0.39 is 20.8 Å². The summed E-state index contributed by atoms with van der Waals surface area (Å²) in [6, 6.07) is 0. The van der Waals surface area contributed by atoms with Crippen LogP contribution in [0.25, 0.3) is 0 Å². The Balaban J connectivity index is 0.000000321. The number of hydrogen-bond acceptors (Lipinski definition) is 4. The van der Waals surface area contributed by atoms with Gasteiger partial charge in [-0.15, -0.1) is 0 Å². The van der Waals surface area contributed by atoms with Crippen molar-refractivity contribution >= 4 is 20.8 Å². The monoisotopic (exact) mass is 309 g/mol. The molecule has 1 fully saturated rings. The Morgan fingerprint density at radius 1 is 1.00 bits per heavy atom. The molecule has 0 amide bonds. The first-order chi connectivity index (χ1) is 7.97. The molecule has 110 valence electrons. The van der Waals surface area contributed by atoms with Crippen molar-refractivity contribution in [1.82, 2.24) is 4.13 Å². The third-order valence-corrected chi connectivity index (χ3v) is 4.45. The van der Waals surface area contributed by atoms with E-state index in [1.165, 1.54) is 43.4 Å². The van der Waals surface area contributed by atoms with Gasteiger partial charge in [-0.25, -0.2) is 0 Å². The molecular formula is C8H19F2N2O4S2+. The highest BCUT2D eigenvalue weighted by molar-refractivity contribution is 7.99. The number of quaternary nitrogens is 1. The zero-order valence-electron chi connectivity index (χ0n) is 10.4. The maximum atomic E-state index is 11.1. The van der Waals surface area contributed by atoms with Gasteiger partial charge in [0.25, 0.3) is 0 Å². The van der Waals surface area contributed by atoms with Crippen molar-refractivity contribution in [3.8, 4) is 0 Å². The first-order valence-corrected chi connectivity index (χ1v) is 8.25. The first-order valence-electron chi connectivity index (χ1n) is 5.49. The average Bonchev–Trinajstić information content (AvgIpc) is 2.14. The molecule has 0 aliphatic carbocycles. The summed E-state index contributed by atoms with van der Waals surface area (Å²) in [7, 11) is -8.62. The predicted molar refractivity (Wildman–Crippen MR) is 63.5 cm³/mol. The Kier molecular flexibility index (Phi) is 6.61. The fraction of sp³-hybridized carbons (Fsp3) is 1.00. The molecule has 1 saturated heterocycles. The molecule has 0 radical (unpaired) electrons. The van der Waals surface area contributed by atoms with Crippen LogP contribution < -0.4 is 4.13 Å². The van der Waals surface area contributed by atoms with Gasteiger partial charge in [-0.2, -0.15) is 16.8 Å². The molecule has 0 aromatic heterocycles. The molecule has 0 unspecified atom stereocenters. The second kappa shape index (κ2) is 6.73. The lowest BCUT2D eigenvalue weighted by molar-refractivity contribution is -0.912. The SMILES string of the molecule is CC[N+]1(C)CCCCC1.O=S(=O)(F)NS(=O)(=O)F. The lowest BCUT2D eigenvalue weighted by atomic mass is 10.1. The number of piperidine rings is 1. The number of halogens is 2. The largest absolute Gasteiger partial charge is 0.387 e. The summed E-state index contributed by atoms with van der Waals surface area (Å²) in [5.74, 6) is 0. The van der Waals surface area contributed by atoms with Gasteiger partial charge in [0.1, 0.15) is 0 Å². The quantitative estimate of drug-likeness (QED) is 0.613. The second-order valence-electron chi connectivity index (χ2n) is 4.40. The van der Waals surface area contributed by atoms with E-state index in [2.05, 4.69) is 14.0 Å². The minimum absolute atomic E-state index is 0.0694. The Morgan fingerprint density at radius 3 is 1.56 bits per heavy atom. The molecule has 0 spiro atoms. The molecule has 0 bridgehead atoms. The summed E-state index contributed by atoms with van der Waals surface area (Å²) < 4.78 is 60.6. The standard InChI is InChI=1S/C8H18N.F2HNO4S2/c1-3-9(2)7-5-4-6-8-9;1-8(4,5)3-9(2,6)7/h3-8H2,1-2H3;3H/q+1;. The molecule has 0 atom stereocenters. The molecule has 1 aliphatic heterocycles. The van der Waals surface area contributed by atoms with Crippen LogP contribution in [0.3, 0.4) is 0 Å². The third kappa shape index (κ3) is 9.68. The van der Waals surface area contributed by atoms with E-state index in [-0.39, 0.29) is 4.13 Å². The highest BCUT2D eigenvalue weighted by atomic mass is 32.3. The molecule has 10 heteroatoms. The van der Waals surface area contributed by atoms with Crippen molar-refractivity contribution in [3.63, 3.8) is 0 Å². The third-order valence-electron chi connectivity index (χ3n) is 2.86. The zero-order chi connectivity index (χ0) is 14.4. The van der Waals surface area contributed by atoms with Crippen molar-refractivity contribution in [2.24, 2.45) is 0 Å². The van der Waals surface area contributed by atoms with Crippen molar-refractivity contribution in [2.45, 2.75) is 26.2 Å². The Morgan fingerprint density at radius 2 is 1.39 bits per heavy atom. The summed E-state index contributed by atoms with van der Waals surface area (Å²) in [6.45, 7) is 6.44. The van der Waals surface area contributed by atoms with Gasteiger partial charge >= 0.3 is 20.8 Å². The van der Waals surface area contributed by atoms with Crippen LogP contribution >= 0.6 is 0 Å². The van der Waals surface area contributed by atoms with E-state index in [1.807, 2.05) is 0 Å². The highest BCUT2D eigenvalue weighted by Crippen LogP contribution is 2.14. The van der Waals surface area contributed by atoms with Gasteiger partial charge in [0.2, 0.25) is 0 Å². The van der Waals surface area contributed by atoms with E-state index in [1.54, 1.807) is 0 Å². The molecule has 1 aliphatic rings. The lowest BCUT2D eigenvalue weighted by Gasteiger charge is -2.36. The Hall–Kier alpha value is -0.320. The van der Waals surface area contributed by atoms with Gasteiger partial charge in [-0.1, -0.05) is 11.9 Å². The second-order valence-corrected chi connectivity index (χ2v) is 6.82. The maximum Gasteiger partial charge on any atom is 0.387 e. The number of hydrogen-bond donors (Lipinski definition) is 1. The van der Waals surface area contributed by atoms with Crippen molar-refractivity contribution in [1.29, 1.82) is 0 Å². The van der Waals surface area contributed by atoms with Crippen LogP contribution in [0, 0.1) is 0 Å². The number of rotatable bonds is 3. The minimum Gasteiger partial charge on any atom is -0.326 e. The summed E-state index contributed by atoms with van der Waals surface area (Å²) in [5, 5.41) is 0. The van der Waals surface area contributed by atoms with Gasteiger partial charge in [-0.3, -0.25) is 0 Å². The lowest BCUT2D eigenvalue weighted by Crippen LogP contribution is -2.47. The zero-order valence-corrected chi connectivity index (χ0v) is 12.0. The van der Waals surface area contributed by atoms with Crippen molar-refractivity contribution in [2.75, 3.05) is 26.7 Å². The van der Waals surface area contributed by atoms with Gasteiger partial charge in [0.15, 0.2) is 0 Å². The smallest absolute Gasteiger partial charge is 0.326 e. The minimum atomic E-state index is -5.49. The normalized spacial score (nSPS) is 19.8. The van der Waals surface area contributed by atoms with Gasteiger partial charge in [-0.05, 0) is 26.2 Å². The van der Waals surface area contributed by atoms with Crippen LogP contribution in [0.4, 0.5) is 7.77 Å². The molecule has 0 aromatic rings. The number of nitrogens with one attached hydrogen (secondary N) is 1. The molecule has 18 heavy (non-hydrogen) atoms. The van der Waals surface area contributed by atoms with Crippen LogP contribution in [0.1, 0.15) is 26.2 Å². The van der Waals surface area contributed by atoms with Crippen molar-refractivity contribution < 1.29 is 29.1 Å². The fourth-order valence-corrected chi connectivity index (χ4v) is 2.66. The van der Waals surface area contributed by atoms with Crippen LogP contribution in [-0.4, -0.2) is 48.0 Å². The summed E-state index contributed by atoms with van der Waals surface area (Å²) in [5.41, 5.74) is 0. The van der Waals surface area contributed by atoms with E-state index >= 15 is 0 Å². The Labute approximate surface area is 107 Å². The van der Waals surface area contributed by atoms with Crippen LogP contribution in [0.2, 0.25) is 0 Å². The predicted octanol–water partition coefficient (Wildman–Crippen LogP) is 0.641. The van der Waals surface area contributed by atoms with Crippen LogP contribution in [-0.2, 0) is 20.8 Å².